The second kappa shape index (κ2) is 8.87. The van der Waals surface area contributed by atoms with Crippen LogP contribution in [0, 0.1) is 28.7 Å². The first-order valence-electron chi connectivity index (χ1n) is 9.90. The molecule has 2 saturated heterocycles. The van der Waals surface area contributed by atoms with E-state index in [1.807, 2.05) is 0 Å². The zero-order valence-electron chi connectivity index (χ0n) is 17.0. The van der Waals surface area contributed by atoms with E-state index in [-0.39, 0.29) is 19.4 Å². The molecule has 32 heavy (non-hydrogen) atoms. The fraction of sp³-hybridized carbons (Fsp3) is 0.600. The van der Waals surface area contributed by atoms with E-state index in [1.165, 1.54) is 6.92 Å². The van der Waals surface area contributed by atoms with Crippen LogP contribution in [0.25, 0.3) is 0 Å². The topological polar surface area (TPSA) is 55.8 Å². The maximum atomic E-state index is 14.7. The van der Waals surface area contributed by atoms with Crippen molar-refractivity contribution in [3.63, 3.8) is 0 Å². The standard InChI is InChI=1S/C20H20F7NO4/c1-2-32-12(30)7-10-8-19(3-5-31-6-4-19)9-11(29)28(10)18-16(23)14(21)13(20(25,26)27)15(22)17(18)24/h10H,2-9H2,1H3. The molecule has 0 aliphatic carbocycles. The minimum atomic E-state index is -5.71. The molecule has 1 spiro atoms. The Kier molecular flexibility index (Phi) is 6.73. The molecule has 178 valence electrons. The highest BCUT2D eigenvalue weighted by atomic mass is 19.4. The maximum Gasteiger partial charge on any atom is 0.422 e. The van der Waals surface area contributed by atoms with Crippen molar-refractivity contribution < 1.29 is 49.8 Å². The van der Waals surface area contributed by atoms with E-state index in [1.54, 1.807) is 0 Å². The smallest absolute Gasteiger partial charge is 0.422 e. The SMILES string of the molecule is CCOC(=O)CC1CC2(CCOCC2)CC(=O)N1c1c(F)c(F)c(C(F)(F)F)c(F)c1F. The van der Waals surface area contributed by atoms with Crippen LogP contribution >= 0.6 is 0 Å². The van der Waals surface area contributed by atoms with Crippen molar-refractivity contribution in [2.75, 3.05) is 24.7 Å². The number of ether oxygens (including phenoxy) is 2. The molecule has 2 aliphatic rings. The number of hydrogen-bond donors (Lipinski definition) is 0. The lowest BCUT2D eigenvalue weighted by Gasteiger charge is -2.47. The minimum absolute atomic E-state index is 0.0179. The van der Waals surface area contributed by atoms with Gasteiger partial charge in [-0.3, -0.25) is 9.59 Å². The molecule has 0 N–H and O–H groups in total. The average Bonchev–Trinajstić information content (AvgIpc) is 2.68. The first-order chi connectivity index (χ1) is 14.9. The van der Waals surface area contributed by atoms with Crippen molar-refractivity contribution in [3.8, 4) is 0 Å². The molecule has 2 fully saturated rings. The van der Waals surface area contributed by atoms with Gasteiger partial charge in [0.2, 0.25) is 5.91 Å². The number of carbonyl (C=O) groups excluding carboxylic acids is 2. The third-order valence-electron chi connectivity index (χ3n) is 5.85. The number of anilines is 1. The van der Waals surface area contributed by atoms with Crippen LogP contribution in [-0.2, 0) is 25.2 Å². The number of hydrogen-bond acceptors (Lipinski definition) is 4. The van der Waals surface area contributed by atoms with E-state index in [0.29, 0.717) is 31.0 Å². The Morgan fingerprint density at radius 1 is 1.09 bits per heavy atom. The average molecular weight is 471 g/mol. The molecule has 0 saturated carbocycles. The van der Waals surface area contributed by atoms with Crippen molar-refractivity contribution >= 4 is 17.6 Å². The number of piperidine rings is 1. The molecule has 1 amide bonds. The Morgan fingerprint density at radius 2 is 1.66 bits per heavy atom. The van der Waals surface area contributed by atoms with Gasteiger partial charge in [-0.05, 0) is 31.6 Å². The fourth-order valence-corrected chi connectivity index (χ4v) is 4.42. The molecule has 1 aromatic carbocycles. The van der Waals surface area contributed by atoms with Gasteiger partial charge in [-0.15, -0.1) is 0 Å². The molecule has 0 radical (unpaired) electrons. The summed E-state index contributed by atoms with van der Waals surface area (Å²) < 4.78 is 107. The quantitative estimate of drug-likeness (QED) is 0.369. The Balaban J connectivity index is 2.11. The van der Waals surface area contributed by atoms with Crippen molar-refractivity contribution in [1.29, 1.82) is 0 Å². The molecular weight excluding hydrogens is 451 g/mol. The van der Waals surface area contributed by atoms with Gasteiger partial charge >= 0.3 is 12.1 Å². The highest BCUT2D eigenvalue weighted by Crippen LogP contribution is 2.48. The van der Waals surface area contributed by atoms with Gasteiger partial charge < -0.3 is 14.4 Å². The number of rotatable bonds is 4. The monoisotopic (exact) mass is 471 g/mol. The highest BCUT2D eigenvalue weighted by Gasteiger charge is 2.49. The van der Waals surface area contributed by atoms with Gasteiger partial charge in [-0.1, -0.05) is 0 Å². The van der Waals surface area contributed by atoms with E-state index < -0.39 is 70.5 Å². The lowest BCUT2D eigenvalue weighted by Crippen LogP contribution is -2.53. The zero-order valence-corrected chi connectivity index (χ0v) is 17.0. The van der Waals surface area contributed by atoms with Crippen LogP contribution in [-0.4, -0.2) is 37.7 Å². The van der Waals surface area contributed by atoms with Crippen LogP contribution in [0.15, 0.2) is 0 Å². The molecule has 12 heteroatoms. The van der Waals surface area contributed by atoms with Crippen LogP contribution in [0.5, 0.6) is 0 Å². The van der Waals surface area contributed by atoms with Crippen molar-refractivity contribution in [1.82, 2.24) is 0 Å². The summed E-state index contributed by atoms with van der Waals surface area (Å²) >= 11 is 0. The molecular formula is C20H20F7NO4. The van der Waals surface area contributed by atoms with Gasteiger partial charge in [0.05, 0.1) is 13.0 Å². The molecule has 2 aliphatic heterocycles. The summed E-state index contributed by atoms with van der Waals surface area (Å²) in [5.41, 5.74) is -5.00. The predicted octanol–water partition coefficient (Wildman–Crippen LogP) is 4.51. The van der Waals surface area contributed by atoms with E-state index in [4.69, 9.17) is 9.47 Å². The summed E-state index contributed by atoms with van der Waals surface area (Å²) in [5.74, 6) is -11.9. The van der Waals surface area contributed by atoms with E-state index in [9.17, 15) is 40.3 Å². The van der Waals surface area contributed by atoms with Crippen molar-refractivity contribution in [2.24, 2.45) is 5.41 Å². The molecule has 2 heterocycles. The van der Waals surface area contributed by atoms with Crippen LogP contribution in [0.3, 0.4) is 0 Å². The Morgan fingerprint density at radius 3 is 2.16 bits per heavy atom. The van der Waals surface area contributed by atoms with Crippen LogP contribution in [0.4, 0.5) is 36.4 Å². The van der Waals surface area contributed by atoms with Crippen LogP contribution in [0.1, 0.15) is 44.6 Å². The van der Waals surface area contributed by atoms with E-state index in [2.05, 4.69) is 0 Å². The van der Waals surface area contributed by atoms with Gasteiger partial charge in [-0.2, -0.15) is 13.2 Å². The summed E-state index contributed by atoms with van der Waals surface area (Å²) in [7, 11) is 0. The summed E-state index contributed by atoms with van der Waals surface area (Å²) in [6.07, 6.45) is -5.75. The van der Waals surface area contributed by atoms with Crippen LogP contribution in [0.2, 0.25) is 0 Å². The second-order valence-electron chi connectivity index (χ2n) is 7.90. The number of amides is 1. The predicted molar refractivity (Wildman–Crippen MR) is 95.5 cm³/mol. The largest absolute Gasteiger partial charge is 0.466 e. The third kappa shape index (κ3) is 4.41. The Bertz CT molecular complexity index is 883. The Labute approximate surface area is 178 Å². The third-order valence-corrected chi connectivity index (χ3v) is 5.85. The van der Waals surface area contributed by atoms with Crippen molar-refractivity contribution in [3.05, 3.63) is 28.8 Å². The Hall–Kier alpha value is -2.37. The fourth-order valence-electron chi connectivity index (χ4n) is 4.42. The maximum absolute atomic E-state index is 14.7. The molecule has 0 aromatic heterocycles. The minimum Gasteiger partial charge on any atom is -0.466 e. The lowest BCUT2D eigenvalue weighted by atomic mass is 9.69. The van der Waals surface area contributed by atoms with Gasteiger partial charge in [0.25, 0.3) is 0 Å². The molecule has 1 unspecified atom stereocenters. The normalized spacial score (nSPS) is 21.2. The lowest BCUT2D eigenvalue weighted by molar-refractivity contribution is -0.144. The molecule has 3 rings (SSSR count). The van der Waals surface area contributed by atoms with Crippen LogP contribution < -0.4 is 4.90 Å². The first-order valence-corrected chi connectivity index (χ1v) is 9.90. The van der Waals surface area contributed by atoms with Gasteiger partial charge in [0.1, 0.15) is 11.3 Å². The molecule has 0 bridgehead atoms. The van der Waals surface area contributed by atoms with E-state index >= 15 is 0 Å². The molecule has 1 atom stereocenters. The number of nitrogens with zero attached hydrogens (tertiary/aromatic N) is 1. The summed E-state index contributed by atoms with van der Waals surface area (Å²) in [5, 5.41) is 0. The summed E-state index contributed by atoms with van der Waals surface area (Å²) in [4.78, 5) is 25.4. The second-order valence-corrected chi connectivity index (χ2v) is 7.90. The van der Waals surface area contributed by atoms with Gasteiger partial charge in [-0.25, -0.2) is 17.6 Å². The summed E-state index contributed by atoms with van der Waals surface area (Å²) in [6, 6.07) is -1.28. The molecule has 5 nitrogen and oxygen atoms in total. The number of esters is 1. The number of halogens is 7. The highest BCUT2D eigenvalue weighted by molar-refractivity contribution is 5.96. The first kappa shape index (κ1) is 24.3. The summed E-state index contributed by atoms with van der Waals surface area (Å²) in [6.45, 7) is 2.06. The number of benzene rings is 1. The number of carbonyl (C=O) groups is 2. The van der Waals surface area contributed by atoms with E-state index in [0.717, 1.165) is 0 Å². The number of alkyl halides is 3. The zero-order chi connectivity index (χ0) is 23.8. The molecule has 1 aromatic rings. The van der Waals surface area contributed by atoms with Crippen molar-refractivity contribution in [2.45, 2.75) is 51.2 Å². The van der Waals surface area contributed by atoms with Gasteiger partial charge in [0.15, 0.2) is 23.3 Å². The van der Waals surface area contributed by atoms with Gasteiger partial charge in [0, 0.05) is 25.7 Å².